The molecule has 0 aliphatic rings. The van der Waals surface area contributed by atoms with Crippen LogP contribution in [-0.4, -0.2) is 12.5 Å². The van der Waals surface area contributed by atoms with Crippen molar-refractivity contribution in [2.24, 2.45) is 5.73 Å². The lowest BCUT2D eigenvalue weighted by atomic mass is 10.1. The van der Waals surface area contributed by atoms with Gasteiger partial charge in [-0.25, -0.2) is 0 Å². The lowest BCUT2D eigenvalue weighted by Crippen LogP contribution is -2.31. The van der Waals surface area contributed by atoms with Gasteiger partial charge < -0.3 is 11.1 Å². The van der Waals surface area contributed by atoms with Crippen molar-refractivity contribution in [3.05, 3.63) is 69.3 Å². The highest BCUT2D eigenvalue weighted by atomic mass is 127. The topological polar surface area (TPSA) is 55.1 Å². The molecule has 0 heterocycles. The fraction of sp³-hybridized carbons (Fsp3) is 0.133. The van der Waals surface area contributed by atoms with Gasteiger partial charge in [0.25, 0.3) is 5.91 Å². The van der Waals surface area contributed by atoms with E-state index >= 15 is 0 Å². The first kappa shape index (κ1) is 14.0. The van der Waals surface area contributed by atoms with E-state index < -0.39 is 0 Å². The Kier molecular flexibility index (Phi) is 4.93. The summed E-state index contributed by atoms with van der Waals surface area (Å²) in [6.07, 6.45) is 0. The second-order valence-corrected chi connectivity index (χ2v) is 5.48. The maximum absolute atomic E-state index is 11.9. The molecule has 0 spiro atoms. The number of amides is 1. The SMILES string of the molecule is NC(CNC(=O)c1ccc(I)cc1)c1ccccc1. The Morgan fingerprint density at radius 3 is 2.37 bits per heavy atom. The largest absolute Gasteiger partial charge is 0.350 e. The van der Waals surface area contributed by atoms with Gasteiger partial charge in [0.2, 0.25) is 0 Å². The van der Waals surface area contributed by atoms with Crippen LogP contribution in [0.5, 0.6) is 0 Å². The van der Waals surface area contributed by atoms with E-state index in [2.05, 4.69) is 27.9 Å². The lowest BCUT2D eigenvalue weighted by Gasteiger charge is -2.13. The van der Waals surface area contributed by atoms with Crippen LogP contribution in [0.1, 0.15) is 22.0 Å². The zero-order chi connectivity index (χ0) is 13.7. The molecule has 0 aliphatic heterocycles. The Balaban J connectivity index is 1.92. The highest BCUT2D eigenvalue weighted by Gasteiger charge is 2.09. The molecule has 0 fully saturated rings. The van der Waals surface area contributed by atoms with Crippen LogP contribution in [0.15, 0.2) is 54.6 Å². The Morgan fingerprint density at radius 2 is 1.74 bits per heavy atom. The molecule has 19 heavy (non-hydrogen) atoms. The fourth-order valence-corrected chi connectivity index (χ4v) is 2.08. The minimum atomic E-state index is -0.186. The summed E-state index contributed by atoms with van der Waals surface area (Å²) in [5.74, 6) is -0.0946. The third kappa shape index (κ3) is 4.04. The Bertz CT molecular complexity index is 540. The number of halogens is 1. The van der Waals surface area contributed by atoms with Crippen LogP contribution in [0, 0.1) is 3.57 Å². The van der Waals surface area contributed by atoms with Crippen LogP contribution in [0.4, 0.5) is 0 Å². The summed E-state index contributed by atoms with van der Waals surface area (Å²) in [6, 6.07) is 17.0. The van der Waals surface area contributed by atoms with Gasteiger partial charge in [0.15, 0.2) is 0 Å². The molecule has 1 amide bonds. The molecule has 4 heteroatoms. The standard InChI is InChI=1S/C15H15IN2O/c16-13-8-6-12(7-9-13)15(19)18-10-14(17)11-4-2-1-3-5-11/h1-9,14H,10,17H2,(H,18,19). The minimum absolute atomic E-state index is 0.0946. The van der Waals surface area contributed by atoms with Crippen LogP contribution >= 0.6 is 22.6 Å². The minimum Gasteiger partial charge on any atom is -0.350 e. The maximum atomic E-state index is 11.9. The third-order valence-electron chi connectivity index (χ3n) is 2.82. The van der Waals surface area contributed by atoms with Gasteiger partial charge in [0.1, 0.15) is 0 Å². The monoisotopic (exact) mass is 366 g/mol. The van der Waals surface area contributed by atoms with E-state index in [4.69, 9.17) is 5.73 Å². The molecule has 0 radical (unpaired) electrons. The summed E-state index contributed by atoms with van der Waals surface area (Å²) in [7, 11) is 0. The second kappa shape index (κ2) is 6.68. The van der Waals surface area contributed by atoms with Gasteiger partial charge in [0.05, 0.1) is 0 Å². The van der Waals surface area contributed by atoms with E-state index in [1.54, 1.807) is 0 Å². The second-order valence-electron chi connectivity index (χ2n) is 4.23. The van der Waals surface area contributed by atoms with Gasteiger partial charge in [0, 0.05) is 21.7 Å². The van der Waals surface area contributed by atoms with Crippen molar-refractivity contribution in [2.75, 3.05) is 6.54 Å². The molecule has 98 valence electrons. The molecule has 3 nitrogen and oxygen atoms in total. The van der Waals surface area contributed by atoms with Crippen molar-refractivity contribution in [2.45, 2.75) is 6.04 Å². The van der Waals surface area contributed by atoms with Crippen LogP contribution in [0.2, 0.25) is 0 Å². The van der Waals surface area contributed by atoms with Gasteiger partial charge in [-0.1, -0.05) is 30.3 Å². The zero-order valence-corrected chi connectivity index (χ0v) is 12.5. The van der Waals surface area contributed by atoms with E-state index in [9.17, 15) is 4.79 Å². The van der Waals surface area contributed by atoms with Crippen LogP contribution in [-0.2, 0) is 0 Å². The van der Waals surface area contributed by atoms with Crippen LogP contribution < -0.4 is 11.1 Å². The number of carbonyl (C=O) groups is 1. The molecule has 1 unspecified atom stereocenters. The predicted octanol–water partition coefficient (Wildman–Crippen LogP) is 2.72. The van der Waals surface area contributed by atoms with Crippen molar-refractivity contribution < 1.29 is 4.79 Å². The quantitative estimate of drug-likeness (QED) is 0.818. The molecule has 0 saturated heterocycles. The van der Waals surface area contributed by atoms with Gasteiger partial charge >= 0.3 is 0 Å². The van der Waals surface area contributed by atoms with Gasteiger partial charge in [-0.2, -0.15) is 0 Å². The first-order valence-electron chi connectivity index (χ1n) is 6.01. The van der Waals surface area contributed by atoms with E-state index in [1.165, 1.54) is 0 Å². The molecule has 0 aliphatic carbocycles. The molecule has 2 aromatic carbocycles. The van der Waals surface area contributed by atoms with Crippen molar-refractivity contribution in [1.82, 2.24) is 5.32 Å². The number of carbonyl (C=O) groups excluding carboxylic acids is 1. The normalized spacial score (nSPS) is 11.9. The molecule has 3 N–H and O–H groups in total. The first-order valence-corrected chi connectivity index (χ1v) is 7.09. The van der Waals surface area contributed by atoms with E-state index in [0.717, 1.165) is 9.13 Å². The zero-order valence-electron chi connectivity index (χ0n) is 10.3. The number of hydrogen-bond acceptors (Lipinski definition) is 2. The van der Waals surface area contributed by atoms with Crippen molar-refractivity contribution in [3.8, 4) is 0 Å². The van der Waals surface area contributed by atoms with Crippen LogP contribution in [0.25, 0.3) is 0 Å². The highest BCUT2D eigenvalue weighted by molar-refractivity contribution is 14.1. The summed E-state index contributed by atoms with van der Waals surface area (Å²) in [6.45, 7) is 0.425. The van der Waals surface area contributed by atoms with Crippen LogP contribution in [0.3, 0.4) is 0 Å². The number of nitrogens with one attached hydrogen (secondary N) is 1. The summed E-state index contributed by atoms with van der Waals surface area (Å²) < 4.78 is 1.11. The third-order valence-corrected chi connectivity index (χ3v) is 3.54. The van der Waals surface area contributed by atoms with Crippen molar-refractivity contribution >= 4 is 28.5 Å². The molecule has 0 aromatic heterocycles. The molecule has 2 aromatic rings. The summed E-state index contributed by atoms with van der Waals surface area (Å²) in [5, 5.41) is 2.85. The Hall–Kier alpha value is -1.40. The molecule has 0 saturated carbocycles. The highest BCUT2D eigenvalue weighted by Crippen LogP contribution is 2.09. The van der Waals surface area contributed by atoms with Gasteiger partial charge in [-0.05, 0) is 52.4 Å². The maximum Gasteiger partial charge on any atom is 0.251 e. The fourth-order valence-electron chi connectivity index (χ4n) is 1.72. The number of benzene rings is 2. The first-order chi connectivity index (χ1) is 9.16. The number of rotatable bonds is 4. The Labute approximate surface area is 126 Å². The van der Waals surface area contributed by atoms with E-state index in [0.29, 0.717) is 12.1 Å². The molecular weight excluding hydrogens is 351 g/mol. The van der Waals surface area contributed by atoms with Crippen molar-refractivity contribution in [3.63, 3.8) is 0 Å². The average molecular weight is 366 g/mol. The van der Waals surface area contributed by atoms with Gasteiger partial charge in [-0.15, -0.1) is 0 Å². The molecule has 0 bridgehead atoms. The lowest BCUT2D eigenvalue weighted by molar-refractivity contribution is 0.0951. The molecule has 1 atom stereocenters. The number of nitrogens with two attached hydrogens (primary N) is 1. The summed E-state index contributed by atoms with van der Waals surface area (Å²) in [4.78, 5) is 11.9. The van der Waals surface area contributed by atoms with E-state index in [-0.39, 0.29) is 11.9 Å². The predicted molar refractivity (Wildman–Crippen MR) is 84.9 cm³/mol. The molecular formula is C15H15IN2O. The van der Waals surface area contributed by atoms with Crippen molar-refractivity contribution in [1.29, 1.82) is 0 Å². The van der Waals surface area contributed by atoms with Gasteiger partial charge in [-0.3, -0.25) is 4.79 Å². The van der Waals surface area contributed by atoms with E-state index in [1.807, 2.05) is 54.6 Å². The molecule has 2 rings (SSSR count). The Morgan fingerprint density at radius 1 is 1.11 bits per heavy atom. The summed E-state index contributed by atoms with van der Waals surface area (Å²) >= 11 is 2.21. The smallest absolute Gasteiger partial charge is 0.251 e. The number of hydrogen-bond donors (Lipinski definition) is 2. The average Bonchev–Trinajstić information content (AvgIpc) is 2.46. The summed E-state index contributed by atoms with van der Waals surface area (Å²) in [5.41, 5.74) is 7.70.